The van der Waals surface area contributed by atoms with Crippen LogP contribution >= 0.6 is 0 Å². The second-order valence-electron chi connectivity index (χ2n) is 4.72. The number of carbonyl (C=O) groups is 1. The number of hydrogen-bond acceptors (Lipinski definition) is 3. The molecule has 0 bridgehead atoms. The van der Waals surface area contributed by atoms with Crippen molar-refractivity contribution >= 4 is 5.91 Å². The van der Waals surface area contributed by atoms with E-state index in [4.69, 9.17) is 9.84 Å². The lowest BCUT2D eigenvalue weighted by Crippen LogP contribution is -2.29. The van der Waals surface area contributed by atoms with Crippen molar-refractivity contribution in [3.8, 4) is 5.75 Å². The van der Waals surface area contributed by atoms with Crippen molar-refractivity contribution in [2.75, 3.05) is 20.2 Å². The molecule has 0 spiro atoms. The second kappa shape index (κ2) is 8.53. The average Bonchev–Trinajstić information content (AvgIpc) is 2.41. The van der Waals surface area contributed by atoms with Gasteiger partial charge in [-0.1, -0.05) is 18.2 Å². The van der Waals surface area contributed by atoms with Crippen LogP contribution in [0.3, 0.4) is 0 Å². The summed E-state index contributed by atoms with van der Waals surface area (Å²) in [6, 6.07) is 9.58. The quantitative estimate of drug-likeness (QED) is 0.732. The van der Waals surface area contributed by atoms with E-state index in [1.165, 1.54) is 0 Å². The Morgan fingerprint density at radius 2 is 2.05 bits per heavy atom. The Labute approximate surface area is 115 Å². The minimum Gasteiger partial charge on any atom is -0.494 e. The summed E-state index contributed by atoms with van der Waals surface area (Å²) in [5.74, 6) is 0.926. The molecule has 1 atom stereocenters. The fraction of sp³-hybridized carbons (Fsp3) is 0.533. The molecule has 0 radical (unpaired) electrons. The predicted octanol–water partition coefficient (Wildman–Crippen LogP) is 2.07. The van der Waals surface area contributed by atoms with Crippen LogP contribution in [0.4, 0.5) is 0 Å². The normalized spacial score (nSPS) is 11.9. The number of aliphatic hydroxyl groups is 1. The Hall–Kier alpha value is -1.55. The molecule has 1 amide bonds. The number of benzene rings is 1. The van der Waals surface area contributed by atoms with Crippen molar-refractivity contribution in [1.29, 1.82) is 0 Å². The minimum atomic E-state index is -0.364. The van der Waals surface area contributed by atoms with E-state index >= 15 is 0 Å². The van der Waals surface area contributed by atoms with E-state index < -0.39 is 0 Å². The smallest absolute Gasteiger partial charge is 0.222 e. The summed E-state index contributed by atoms with van der Waals surface area (Å²) in [4.78, 5) is 13.4. The largest absolute Gasteiger partial charge is 0.494 e. The molecule has 0 aliphatic heterocycles. The topological polar surface area (TPSA) is 49.8 Å². The first-order valence-electron chi connectivity index (χ1n) is 6.69. The van der Waals surface area contributed by atoms with Gasteiger partial charge in [0.25, 0.3) is 0 Å². The van der Waals surface area contributed by atoms with Gasteiger partial charge in [0.2, 0.25) is 5.91 Å². The molecule has 4 nitrogen and oxygen atoms in total. The zero-order chi connectivity index (χ0) is 14.1. The second-order valence-corrected chi connectivity index (χ2v) is 4.72. The Balaban J connectivity index is 2.13. The zero-order valence-corrected chi connectivity index (χ0v) is 11.7. The van der Waals surface area contributed by atoms with E-state index in [1.807, 2.05) is 30.3 Å². The number of nitrogens with zero attached hydrogens (tertiary/aromatic N) is 1. The van der Waals surface area contributed by atoms with Crippen molar-refractivity contribution in [2.24, 2.45) is 0 Å². The number of rotatable bonds is 8. The molecule has 1 unspecified atom stereocenters. The number of ether oxygens (including phenoxy) is 1. The third-order valence-corrected chi connectivity index (χ3v) is 2.85. The highest BCUT2D eigenvalue weighted by atomic mass is 16.5. The monoisotopic (exact) mass is 265 g/mol. The van der Waals surface area contributed by atoms with Crippen molar-refractivity contribution in [3.05, 3.63) is 30.3 Å². The molecule has 0 aliphatic carbocycles. The van der Waals surface area contributed by atoms with Gasteiger partial charge in [0.1, 0.15) is 5.75 Å². The fourth-order valence-corrected chi connectivity index (χ4v) is 1.63. The van der Waals surface area contributed by atoms with Gasteiger partial charge in [-0.05, 0) is 31.9 Å². The molecule has 0 aliphatic rings. The van der Waals surface area contributed by atoms with E-state index in [9.17, 15) is 4.79 Å². The van der Waals surface area contributed by atoms with Crippen LogP contribution in [0.1, 0.15) is 26.2 Å². The van der Waals surface area contributed by atoms with Gasteiger partial charge in [-0.15, -0.1) is 0 Å². The summed E-state index contributed by atoms with van der Waals surface area (Å²) in [5, 5.41) is 9.17. The molecule has 1 aromatic rings. The van der Waals surface area contributed by atoms with Crippen molar-refractivity contribution in [2.45, 2.75) is 32.3 Å². The lowest BCUT2D eigenvalue weighted by Gasteiger charge is -2.18. The summed E-state index contributed by atoms with van der Waals surface area (Å²) in [6.45, 7) is 2.86. The molecule has 0 heterocycles. The molecule has 0 saturated carbocycles. The van der Waals surface area contributed by atoms with E-state index in [-0.39, 0.29) is 12.0 Å². The third-order valence-electron chi connectivity index (χ3n) is 2.85. The average molecular weight is 265 g/mol. The molecule has 1 N–H and O–H groups in total. The van der Waals surface area contributed by atoms with E-state index in [0.717, 1.165) is 5.75 Å². The maximum absolute atomic E-state index is 11.8. The van der Waals surface area contributed by atoms with Crippen LogP contribution in [0.2, 0.25) is 0 Å². The SMILES string of the molecule is CC(O)CCN(C)C(=O)CCCOc1ccccc1. The number of para-hydroxylation sites is 1. The van der Waals surface area contributed by atoms with Gasteiger partial charge in [0.15, 0.2) is 0 Å². The zero-order valence-electron chi connectivity index (χ0n) is 11.7. The molecule has 106 valence electrons. The van der Waals surface area contributed by atoms with Crippen molar-refractivity contribution in [3.63, 3.8) is 0 Å². The van der Waals surface area contributed by atoms with Gasteiger partial charge in [-0.2, -0.15) is 0 Å². The minimum absolute atomic E-state index is 0.0947. The van der Waals surface area contributed by atoms with Crippen LogP contribution in [0.25, 0.3) is 0 Å². The van der Waals surface area contributed by atoms with E-state index in [0.29, 0.717) is 32.4 Å². The Kier molecular flexibility index (Phi) is 6.97. The third kappa shape index (κ3) is 6.82. The van der Waals surface area contributed by atoms with Crippen LogP contribution in [0.15, 0.2) is 30.3 Å². The van der Waals surface area contributed by atoms with E-state index in [1.54, 1.807) is 18.9 Å². The van der Waals surface area contributed by atoms with Crippen LogP contribution in [0, 0.1) is 0 Å². The lowest BCUT2D eigenvalue weighted by atomic mass is 10.2. The van der Waals surface area contributed by atoms with Gasteiger partial charge in [0, 0.05) is 20.0 Å². The summed E-state index contributed by atoms with van der Waals surface area (Å²) < 4.78 is 5.52. The summed E-state index contributed by atoms with van der Waals surface area (Å²) in [6.07, 6.45) is 1.43. The summed E-state index contributed by atoms with van der Waals surface area (Å²) >= 11 is 0. The highest BCUT2D eigenvalue weighted by Crippen LogP contribution is 2.09. The molecule has 0 saturated heterocycles. The molecule has 0 fully saturated rings. The molecular weight excluding hydrogens is 242 g/mol. The Morgan fingerprint density at radius 1 is 1.37 bits per heavy atom. The van der Waals surface area contributed by atoms with Crippen molar-refractivity contribution < 1.29 is 14.6 Å². The standard InChI is InChI=1S/C15H23NO3/c1-13(17)10-11-16(2)15(18)9-6-12-19-14-7-4-3-5-8-14/h3-5,7-8,13,17H,6,9-12H2,1-2H3. The number of amides is 1. The fourth-order valence-electron chi connectivity index (χ4n) is 1.63. The number of aliphatic hydroxyl groups excluding tert-OH is 1. The van der Waals surface area contributed by atoms with Gasteiger partial charge in [-0.25, -0.2) is 0 Å². The van der Waals surface area contributed by atoms with Crippen LogP contribution in [-0.4, -0.2) is 42.2 Å². The van der Waals surface area contributed by atoms with E-state index in [2.05, 4.69) is 0 Å². The van der Waals surface area contributed by atoms with Gasteiger partial charge >= 0.3 is 0 Å². The first-order valence-corrected chi connectivity index (χ1v) is 6.69. The summed E-state index contributed by atoms with van der Waals surface area (Å²) in [7, 11) is 1.77. The maximum atomic E-state index is 11.8. The molecule has 1 rings (SSSR count). The maximum Gasteiger partial charge on any atom is 0.222 e. The number of carbonyl (C=O) groups excluding carboxylic acids is 1. The Morgan fingerprint density at radius 3 is 2.68 bits per heavy atom. The summed E-state index contributed by atoms with van der Waals surface area (Å²) in [5.41, 5.74) is 0. The number of hydrogen-bond donors (Lipinski definition) is 1. The van der Waals surface area contributed by atoms with Crippen molar-refractivity contribution in [1.82, 2.24) is 4.90 Å². The Bertz CT molecular complexity index is 365. The first-order chi connectivity index (χ1) is 9.09. The van der Waals surface area contributed by atoms with Crippen LogP contribution < -0.4 is 4.74 Å². The first kappa shape index (κ1) is 15.5. The van der Waals surface area contributed by atoms with Gasteiger partial charge in [0.05, 0.1) is 12.7 Å². The van der Waals surface area contributed by atoms with Gasteiger partial charge < -0.3 is 14.7 Å². The lowest BCUT2D eigenvalue weighted by molar-refractivity contribution is -0.130. The molecule has 1 aromatic carbocycles. The molecule has 4 heteroatoms. The molecular formula is C15H23NO3. The van der Waals surface area contributed by atoms with Crippen LogP contribution in [-0.2, 0) is 4.79 Å². The molecule has 0 aromatic heterocycles. The highest BCUT2D eigenvalue weighted by Gasteiger charge is 2.09. The van der Waals surface area contributed by atoms with Crippen LogP contribution in [0.5, 0.6) is 5.75 Å². The predicted molar refractivity (Wildman–Crippen MR) is 75.1 cm³/mol. The van der Waals surface area contributed by atoms with Gasteiger partial charge in [-0.3, -0.25) is 4.79 Å². The molecule has 19 heavy (non-hydrogen) atoms. The highest BCUT2D eigenvalue weighted by molar-refractivity contribution is 5.75.